The van der Waals surface area contributed by atoms with Crippen LogP contribution in [0.15, 0.2) is 30.3 Å². The second-order valence-corrected chi connectivity index (χ2v) is 11.3. The molecular weight excluding hydrogens is 454 g/mol. The van der Waals surface area contributed by atoms with E-state index in [0.29, 0.717) is 13.0 Å². The largest absolute Gasteiger partial charge is 0.460 e. The first-order valence-electron chi connectivity index (χ1n) is 14.1. The average Bonchev–Trinajstić information content (AvgIpc) is 2.88. The van der Waals surface area contributed by atoms with E-state index in [9.17, 15) is 14.7 Å². The third kappa shape index (κ3) is 7.10. The summed E-state index contributed by atoms with van der Waals surface area (Å²) in [7, 11) is 0. The number of hydrogen-bond donors (Lipinski definition) is 1. The minimum atomic E-state index is -1.48. The average molecular weight is 502 g/mol. The molecule has 1 unspecified atom stereocenters. The van der Waals surface area contributed by atoms with Gasteiger partial charge in [0.15, 0.2) is 5.79 Å². The molecule has 202 valence electrons. The normalized spacial score (nSPS) is 28.5. The molecule has 2 saturated heterocycles. The van der Waals surface area contributed by atoms with Crippen molar-refractivity contribution in [2.75, 3.05) is 6.54 Å². The van der Waals surface area contributed by atoms with Crippen LogP contribution < -0.4 is 0 Å². The van der Waals surface area contributed by atoms with Crippen molar-refractivity contribution in [3.8, 4) is 0 Å². The molecule has 2 aliphatic rings. The van der Waals surface area contributed by atoms with Gasteiger partial charge in [-0.2, -0.15) is 0 Å². The van der Waals surface area contributed by atoms with Gasteiger partial charge in [0.25, 0.3) is 0 Å². The molecule has 0 aromatic heterocycles. The third-order valence-electron chi connectivity index (χ3n) is 8.26. The van der Waals surface area contributed by atoms with Gasteiger partial charge in [0, 0.05) is 12.5 Å². The molecule has 3 rings (SSSR count). The third-order valence-corrected chi connectivity index (χ3v) is 8.26. The van der Waals surface area contributed by atoms with Crippen molar-refractivity contribution in [3.63, 3.8) is 0 Å². The molecule has 2 fully saturated rings. The number of rotatable bonds is 10. The Kier molecular flexibility index (Phi) is 10.4. The molecule has 1 amide bonds. The first-order chi connectivity index (χ1) is 17.2. The molecule has 6 heteroatoms. The lowest BCUT2D eigenvalue weighted by Crippen LogP contribution is -2.54. The van der Waals surface area contributed by atoms with E-state index in [1.54, 1.807) is 4.90 Å². The molecule has 6 nitrogen and oxygen atoms in total. The van der Waals surface area contributed by atoms with Gasteiger partial charge in [0.05, 0.1) is 12.5 Å². The minimum Gasteiger partial charge on any atom is -0.460 e. The van der Waals surface area contributed by atoms with Crippen molar-refractivity contribution >= 4 is 11.9 Å². The summed E-state index contributed by atoms with van der Waals surface area (Å²) in [6.07, 6.45) is 6.22. The van der Waals surface area contributed by atoms with Crippen LogP contribution in [-0.4, -0.2) is 52.5 Å². The number of carbonyl (C=O) groups is 2. The minimum absolute atomic E-state index is 0.0384. The highest BCUT2D eigenvalue weighted by atomic mass is 16.6. The highest BCUT2D eigenvalue weighted by Gasteiger charge is 2.45. The van der Waals surface area contributed by atoms with Crippen LogP contribution in [0, 0.1) is 17.8 Å². The van der Waals surface area contributed by atoms with Gasteiger partial charge in [-0.1, -0.05) is 65.0 Å². The van der Waals surface area contributed by atoms with Crippen LogP contribution in [0.2, 0.25) is 0 Å². The van der Waals surface area contributed by atoms with Crippen molar-refractivity contribution in [1.82, 2.24) is 4.90 Å². The summed E-state index contributed by atoms with van der Waals surface area (Å²) in [6.45, 7) is 10.8. The predicted octanol–water partition coefficient (Wildman–Crippen LogP) is 5.51. The molecule has 0 bridgehead atoms. The van der Waals surface area contributed by atoms with E-state index in [4.69, 9.17) is 9.47 Å². The fourth-order valence-electron chi connectivity index (χ4n) is 5.82. The monoisotopic (exact) mass is 501 g/mol. The number of amides is 1. The zero-order chi connectivity index (χ0) is 26.3. The number of ether oxygens (including phenoxy) is 2. The summed E-state index contributed by atoms with van der Waals surface area (Å²) < 4.78 is 12.2. The van der Waals surface area contributed by atoms with Crippen molar-refractivity contribution in [1.29, 1.82) is 0 Å². The van der Waals surface area contributed by atoms with Crippen LogP contribution >= 0.6 is 0 Å². The zero-order valence-electron chi connectivity index (χ0n) is 22.9. The number of likely N-dealkylation sites (tertiary alicyclic amines) is 1. The van der Waals surface area contributed by atoms with E-state index < -0.39 is 11.8 Å². The number of aliphatic hydroxyl groups is 1. The van der Waals surface area contributed by atoms with Crippen LogP contribution in [0.25, 0.3) is 0 Å². The summed E-state index contributed by atoms with van der Waals surface area (Å²) in [5.41, 5.74) is 1.24. The lowest BCUT2D eigenvalue weighted by atomic mass is 9.85. The fourth-order valence-corrected chi connectivity index (χ4v) is 5.82. The number of piperidine rings is 1. The Balaban J connectivity index is 1.70. The van der Waals surface area contributed by atoms with Crippen LogP contribution in [0.5, 0.6) is 0 Å². The molecule has 0 aliphatic carbocycles. The Morgan fingerprint density at radius 2 is 1.86 bits per heavy atom. The maximum atomic E-state index is 13.5. The quantitative estimate of drug-likeness (QED) is 0.428. The van der Waals surface area contributed by atoms with Crippen LogP contribution in [-0.2, 0) is 25.5 Å². The smallest absolute Gasteiger partial charge is 0.329 e. The molecule has 2 aliphatic heterocycles. The molecule has 36 heavy (non-hydrogen) atoms. The van der Waals surface area contributed by atoms with E-state index >= 15 is 0 Å². The van der Waals surface area contributed by atoms with E-state index in [0.717, 1.165) is 44.9 Å². The van der Waals surface area contributed by atoms with Crippen molar-refractivity contribution in [3.05, 3.63) is 35.9 Å². The standard InChI is InChI=1S/C30H47NO5/c1-6-24(19-23-13-9-8-10-14-23)28(21(3)4)35-29(33)26-15-11-12-18-31(26)27(32)20-30(34)22(5)16-17-25(7-2)36-30/h8-10,13-14,21-22,24-26,28,34H,6-7,11-12,15-20H2,1-5H3/t22-,24-,25?,26+,28+,30+/m1/s1. The topological polar surface area (TPSA) is 76.1 Å². The van der Waals surface area contributed by atoms with Gasteiger partial charge in [0.2, 0.25) is 5.91 Å². The maximum Gasteiger partial charge on any atom is 0.329 e. The Bertz CT molecular complexity index is 843. The molecule has 2 heterocycles. The Hall–Kier alpha value is -1.92. The number of carbonyl (C=O) groups excluding carboxylic acids is 2. The van der Waals surface area contributed by atoms with Gasteiger partial charge >= 0.3 is 5.97 Å². The first-order valence-corrected chi connectivity index (χ1v) is 14.1. The van der Waals surface area contributed by atoms with Gasteiger partial charge in [-0.25, -0.2) is 4.79 Å². The maximum absolute atomic E-state index is 13.5. The molecule has 1 aromatic rings. The van der Waals surface area contributed by atoms with Crippen molar-refractivity contribution in [2.45, 2.75) is 116 Å². The van der Waals surface area contributed by atoms with Gasteiger partial charge in [-0.3, -0.25) is 4.79 Å². The Labute approximate surface area is 217 Å². The lowest BCUT2D eigenvalue weighted by molar-refractivity contribution is -0.281. The van der Waals surface area contributed by atoms with E-state index in [2.05, 4.69) is 32.9 Å². The highest BCUT2D eigenvalue weighted by molar-refractivity contribution is 5.85. The zero-order valence-corrected chi connectivity index (χ0v) is 22.9. The number of nitrogens with zero attached hydrogens (tertiary/aromatic N) is 1. The molecule has 1 N–H and O–H groups in total. The highest BCUT2D eigenvalue weighted by Crippen LogP contribution is 2.37. The van der Waals surface area contributed by atoms with Crippen LogP contribution in [0.3, 0.4) is 0 Å². The number of esters is 1. The van der Waals surface area contributed by atoms with E-state index in [1.807, 2.05) is 32.0 Å². The molecule has 0 spiro atoms. The molecule has 1 aromatic carbocycles. The molecule has 0 saturated carbocycles. The second kappa shape index (κ2) is 13.0. The number of hydrogen-bond acceptors (Lipinski definition) is 5. The van der Waals surface area contributed by atoms with Gasteiger partial charge in [-0.15, -0.1) is 0 Å². The fraction of sp³-hybridized carbons (Fsp3) is 0.733. The van der Waals surface area contributed by atoms with Crippen LogP contribution in [0.1, 0.15) is 91.5 Å². The van der Waals surface area contributed by atoms with Gasteiger partial charge < -0.3 is 19.5 Å². The van der Waals surface area contributed by atoms with Crippen molar-refractivity contribution < 1.29 is 24.2 Å². The van der Waals surface area contributed by atoms with Crippen molar-refractivity contribution in [2.24, 2.45) is 17.8 Å². The van der Waals surface area contributed by atoms with Gasteiger partial charge in [0.1, 0.15) is 12.1 Å². The first kappa shape index (κ1) is 28.6. The van der Waals surface area contributed by atoms with Gasteiger partial charge in [-0.05, 0) is 68.8 Å². The van der Waals surface area contributed by atoms with E-state index in [1.165, 1.54) is 5.56 Å². The molecule has 0 radical (unpaired) electrons. The van der Waals surface area contributed by atoms with Crippen LogP contribution in [0.4, 0.5) is 0 Å². The lowest BCUT2D eigenvalue weighted by Gasteiger charge is -2.43. The summed E-state index contributed by atoms with van der Waals surface area (Å²) >= 11 is 0. The predicted molar refractivity (Wildman–Crippen MR) is 141 cm³/mol. The second-order valence-electron chi connectivity index (χ2n) is 11.3. The Morgan fingerprint density at radius 3 is 2.50 bits per heavy atom. The Morgan fingerprint density at radius 1 is 1.14 bits per heavy atom. The SMILES string of the molecule is CCC1CC[C@@H](C)[C@](O)(CC(=O)N2CCCC[C@H]2C(=O)O[C@@H](C(C)C)[C@H](CC)Cc2ccccc2)O1. The summed E-state index contributed by atoms with van der Waals surface area (Å²) in [4.78, 5) is 28.6. The number of benzene rings is 1. The summed E-state index contributed by atoms with van der Waals surface area (Å²) in [5, 5.41) is 11.2. The van der Waals surface area contributed by atoms with E-state index in [-0.39, 0.29) is 48.3 Å². The summed E-state index contributed by atoms with van der Waals surface area (Å²) in [6, 6.07) is 9.72. The molecular formula is C30H47NO5. The summed E-state index contributed by atoms with van der Waals surface area (Å²) in [5.74, 6) is -1.78. The molecule has 6 atom stereocenters.